The van der Waals surface area contributed by atoms with E-state index in [4.69, 9.17) is 29.3 Å². The molecule has 0 saturated heterocycles. The third-order valence-electron chi connectivity index (χ3n) is 12.6. The minimum absolute atomic E-state index is 0.181. The second-order valence-corrected chi connectivity index (χ2v) is 16.8. The number of carboxylic acid groups (broad SMARTS) is 1. The fourth-order valence-corrected chi connectivity index (χ4v) is 9.41. The van der Waals surface area contributed by atoms with Crippen molar-refractivity contribution in [2.45, 2.75) is 58.5 Å². The van der Waals surface area contributed by atoms with E-state index in [9.17, 15) is 28.0 Å². The molecule has 0 aliphatic carbocycles. The Hall–Kier alpha value is -7.88. The second-order valence-electron chi connectivity index (χ2n) is 16.8. The average molecular weight is 923 g/mol. The van der Waals surface area contributed by atoms with Crippen molar-refractivity contribution in [3.05, 3.63) is 142 Å². The predicted molar refractivity (Wildman–Crippen MR) is 250 cm³/mol. The largest absolute Gasteiger partial charge is 0.494 e. The molecule has 8 aromatic rings. The van der Waals surface area contributed by atoms with Gasteiger partial charge in [0.2, 0.25) is 11.8 Å². The molecule has 16 heteroatoms. The number of rotatable bonds is 11. The fraction of sp³-hybridized carbons (Fsp3) is 0.269. The highest BCUT2D eigenvalue weighted by atomic mass is 19.1. The van der Waals surface area contributed by atoms with E-state index in [2.05, 4.69) is 16.0 Å². The molecule has 3 N–H and O–H groups in total. The van der Waals surface area contributed by atoms with Crippen molar-refractivity contribution in [2.75, 3.05) is 33.9 Å². The third-order valence-corrected chi connectivity index (χ3v) is 12.6. The summed E-state index contributed by atoms with van der Waals surface area (Å²) < 4.78 is 43.7. The maximum absolute atomic E-state index is 14.4. The van der Waals surface area contributed by atoms with Gasteiger partial charge in [-0.05, 0) is 78.4 Å². The summed E-state index contributed by atoms with van der Waals surface area (Å²) in [5.41, 5.74) is 10.6. The highest BCUT2D eigenvalue weighted by Gasteiger charge is 2.29. The first-order valence-corrected chi connectivity index (χ1v) is 22.3. The highest BCUT2D eigenvalue weighted by Crippen LogP contribution is 2.37. The van der Waals surface area contributed by atoms with Crippen LogP contribution < -0.4 is 9.47 Å². The topological polar surface area (TPSA) is 180 Å². The molecule has 0 unspecified atom stereocenters. The van der Waals surface area contributed by atoms with Crippen LogP contribution in [-0.2, 0) is 62.7 Å². The molecule has 0 radical (unpaired) electrons. The molecule has 2 aliphatic heterocycles. The quantitative estimate of drug-likeness (QED) is 0.0848. The van der Waals surface area contributed by atoms with Gasteiger partial charge in [-0.3, -0.25) is 29.1 Å². The molecular formula is C52H48F2N6O8. The number of esters is 1. The van der Waals surface area contributed by atoms with Crippen LogP contribution in [0.4, 0.5) is 8.78 Å². The van der Waals surface area contributed by atoms with Crippen molar-refractivity contribution in [2.24, 2.45) is 0 Å². The molecule has 0 atom stereocenters. The Morgan fingerprint density at radius 2 is 1.12 bits per heavy atom. The van der Waals surface area contributed by atoms with E-state index in [0.717, 1.165) is 88.6 Å². The molecule has 0 saturated carbocycles. The van der Waals surface area contributed by atoms with E-state index in [1.165, 1.54) is 26.4 Å². The van der Waals surface area contributed by atoms with Crippen molar-refractivity contribution in [1.29, 1.82) is 0 Å². The Balaban J connectivity index is 0.000000170. The van der Waals surface area contributed by atoms with Gasteiger partial charge in [0.1, 0.15) is 12.8 Å². The SMILES string of the molecule is CCOC(=O)CC(=O)N1CCc2c(nc(Cc3ccc(OC)c(F)c3)c3[nH]c4ccccc4c23)C1.COc1ccc(Cc2nc3c(c4c2[nH]c2ccccc24)CCN(C(=O)CC(=O)O)C3)cc1F. The van der Waals surface area contributed by atoms with E-state index < -0.39 is 35.9 Å². The summed E-state index contributed by atoms with van der Waals surface area (Å²) >= 11 is 0. The number of fused-ring (bicyclic) bond motifs is 10. The lowest BCUT2D eigenvalue weighted by atomic mass is 9.96. The standard InChI is InChI=1S/C27H26FN3O4.C25H22FN3O4/c1-3-35-25(33)14-24(32)31-11-10-18-22(15-31)29-21(13-16-8-9-23(34-2)19(28)12-16)27-26(18)17-6-4-5-7-20(17)30-27;1-33-21-7-6-14(10-17(21)26)11-19-25-24(15-4-2-3-5-18(15)28-25)16-8-9-29(13-20(16)27-19)22(30)12-23(31)32/h4-9,12,30H,3,10-11,13-15H2,1-2H3;2-7,10,28H,8-9,11-13H2,1H3,(H,31,32). The molecule has 6 heterocycles. The van der Waals surface area contributed by atoms with Crippen LogP contribution in [0.25, 0.3) is 43.6 Å². The second kappa shape index (κ2) is 19.1. The zero-order chi connectivity index (χ0) is 47.6. The summed E-state index contributed by atoms with van der Waals surface area (Å²) in [6.07, 6.45) is 1.20. The summed E-state index contributed by atoms with van der Waals surface area (Å²) in [6.45, 7) is 3.47. The molecule has 14 nitrogen and oxygen atoms in total. The molecule has 348 valence electrons. The van der Waals surface area contributed by atoms with Crippen LogP contribution in [0, 0.1) is 11.6 Å². The zero-order valence-corrected chi connectivity index (χ0v) is 37.7. The number of pyridine rings is 2. The van der Waals surface area contributed by atoms with Crippen LogP contribution >= 0.6 is 0 Å². The number of benzene rings is 4. The summed E-state index contributed by atoms with van der Waals surface area (Å²) in [6, 6.07) is 25.8. The van der Waals surface area contributed by atoms with E-state index in [0.29, 0.717) is 45.3 Å². The van der Waals surface area contributed by atoms with Gasteiger partial charge in [0.15, 0.2) is 23.1 Å². The molecule has 10 rings (SSSR count). The number of aromatic amines is 2. The Labute approximate surface area is 388 Å². The highest BCUT2D eigenvalue weighted by molar-refractivity contribution is 6.11. The van der Waals surface area contributed by atoms with Crippen molar-refractivity contribution < 1.29 is 47.3 Å². The number of ether oxygens (including phenoxy) is 3. The number of aromatic nitrogens is 4. The Morgan fingerprint density at radius 3 is 1.54 bits per heavy atom. The van der Waals surface area contributed by atoms with Gasteiger partial charge in [-0.25, -0.2) is 8.78 Å². The zero-order valence-electron chi connectivity index (χ0n) is 37.7. The molecular weight excluding hydrogens is 875 g/mol. The van der Waals surface area contributed by atoms with Crippen molar-refractivity contribution in [1.82, 2.24) is 29.7 Å². The number of amides is 2. The van der Waals surface area contributed by atoms with Crippen LogP contribution in [0.15, 0.2) is 84.9 Å². The van der Waals surface area contributed by atoms with Crippen molar-refractivity contribution in [3.8, 4) is 11.5 Å². The lowest BCUT2D eigenvalue weighted by Crippen LogP contribution is -2.38. The molecule has 2 amide bonds. The van der Waals surface area contributed by atoms with E-state index in [-0.39, 0.29) is 37.0 Å². The summed E-state index contributed by atoms with van der Waals surface area (Å²) in [5, 5.41) is 13.3. The number of carbonyl (C=O) groups is 4. The smallest absolute Gasteiger partial charge is 0.315 e. The number of hydrogen-bond acceptors (Lipinski definition) is 9. The van der Waals surface area contributed by atoms with Crippen LogP contribution in [0.1, 0.15) is 64.8 Å². The monoisotopic (exact) mass is 922 g/mol. The first-order valence-electron chi connectivity index (χ1n) is 22.3. The van der Waals surface area contributed by atoms with Crippen molar-refractivity contribution >= 4 is 67.4 Å². The lowest BCUT2D eigenvalue weighted by Gasteiger charge is -2.29. The Morgan fingerprint density at radius 1 is 0.662 bits per heavy atom. The van der Waals surface area contributed by atoms with E-state index in [1.54, 1.807) is 34.9 Å². The number of nitrogens with one attached hydrogen (secondary N) is 2. The number of aliphatic carboxylic acids is 1. The molecule has 4 aromatic carbocycles. The predicted octanol–water partition coefficient (Wildman–Crippen LogP) is 8.11. The first kappa shape index (κ1) is 45.3. The summed E-state index contributed by atoms with van der Waals surface area (Å²) in [7, 11) is 2.86. The number of carboxylic acids is 1. The van der Waals surface area contributed by atoms with Gasteiger partial charge in [0, 0.05) is 58.5 Å². The summed E-state index contributed by atoms with van der Waals surface area (Å²) in [5.74, 6) is -2.85. The third kappa shape index (κ3) is 9.00. The maximum atomic E-state index is 14.4. The molecule has 2 aliphatic rings. The van der Waals surface area contributed by atoms with Gasteiger partial charge < -0.3 is 39.1 Å². The average Bonchev–Trinajstić information content (AvgIpc) is 3.92. The number of H-pyrrole nitrogens is 2. The molecule has 4 aromatic heterocycles. The van der Waals surface area contributed by atoms with Gasteiger partial charge in [0.25, 0.3) is 0 Å². The van der Waals surface area contributed by atoms with Crippen LogP contribution in [0.2, 0.25) is 0 Å². The van der Waals surface area contributed by atoms with Gasteiger partial charge in [0.05, 0.1) is 67.7 Å². The summed E-state index contributed by atoms with van der Waals surface area (Å²) in [4.78, 5) is 68.0. The van der Waals surface area contributed by atoms with Crippen LogP contribution in [-0.4, -0.2) is 92.5 Å². The van der Waals surface area contributed by atoms with Gasteiger partial charge in [-0.15, -0.1) is 0 Å². The minimum Gasteiger partial charge on any atom is -0.494 e. The number of para-hydroxylation sites is 2. The first-order chi connectivity index (χ1) is 32.9. The number of methoxy groups -OCH3 is 2. The molecule has 0 fully saturated rings. The van der Waals surface area contributed by atoms with Gasteiger partial charge in [-0.1, -0.05) is 48.5 Å². The van der Waals surface area contributed by atoms with Gasteiger partial charge in [-0.2, -0.15) is 0 Å². The number of carbonyl (C=O) groups excluding carboxylic acids is 3. The van der Waals surface area contributed by atoms with E-state index in [1.807, 2.05) is 48.5 Å². The molecule has 0 bridgehead atoms. The van der Waals surface area contributed by atoms with Crippen LogP contribution in [0.3, 0.4) is 0 Å². The number of nitrogens with zero attached hydrogens (tertiary/aromatic N) is 4. The number of halogens is 2. The minimum atomic E-state index is -1.15. The van der Waals surface area contributed by atoms with Gasteiger partial charge >= 0.3 is 11.9 Å². The Kier molecular flexibility index (Phi) is 12.8. The molecule has 68 heavy (non-hydrogen) atoms. The maximum Gasteiger partial charge on any atom is 0.315 e. The van der Waals surface area contributed by atoms with Crippen molar-refractivity contribution in [3.63, 3.8) is 0 Å². The fourth-order valence-electron chi connectivity index (χ4n) is 9.41. The Bertz CT molecular complexity index is 3290. The lowest BCUT2D eigenvalue weighted by molar-refractivity contribution is -0.149. The normalized spacial score (nSPS) is 13.2. The number of hydrogen-bond donors (Lipinski definition) is 3. The van der Waals surface area contributed by atoms with E-state index >= 15 is 0 Å². The van der Waals surface area contributed by atoms with Crippen LogP contribution in [0.5, 0.6) is 11.5 Å². The molecule has 0 spiro atoms.